The average Bonchev–Trinajstić information content (AvgIpc) is 3.18. The molecule has 0 unspecified atom stereocenters. The Labute approximate surface area is 184 Å². The normalized spacial score (nSPS) is 10.1. The largest absolute Gasteiger partial charge is 0.462 e. The van der Waals surface area contributed by atoms with Gasteiger partial charge in [-0.25, -0.2) is 9.59 Å². The molecule has 0 radical (unpaired) electrons. The van der Waals surface area contributed by atoms with E-state index in [2.05, 4.69) is 16.0 Å². The highest BCUT2D eigenvalue weighted by molar-refractivity contribution is 7.16. The first-order chi connectivity index (χ1) is 14.9. The van der Waals surface area contributed by atoms with E-state index >= 15 is 0 Å². The zero-order valence-electron chi connectivity index (χ0n) is 17.4. The van der Waals surface area contributed by atoms with Gasteiger partial charge in [0.1, 0.15) is 11.5 Å². The van der Waals surface area contributed by atoms with Gasteiger partial charge in [-0.1, -0.05) is 37.3 Å². The summed E-state index contributed by atoms with van der Waals surface area (Å²) in [4.78, 5) is 48.6. The monoisotopic (exact) mass is 447 g/mol. The Morgan fingerprint density at radius 3 is 2.42 bits per heavy atom. The van der Waals surface area contributed by atoms with Gasteiger partial charge in [0.2, 0.25) is 0 Å². The number of benzene rings is 1. The number of carbonyl (C=O) groups excluding carboxylic acids is 4. The predicted molar refractivity (Wildman–Crippen MR) is 116 cm³/mol. The van der Waals surface area contributed by atoms with Crippen LogP contribution in [0.15, 0.2) is 36.4 Å². The number of hydrogen-bond acceptors (Lipinski definition) is 7. The van der Waals surface area contributed by atoms with E-state index in [1.807, 2.05) is 37.3 Å². The fraction of sp³-hybridized carbons (Fsp3) is 0.333. The lowest BCUT2D eigenvalue weighted by atomic mass is 10.2. The number of amides is 3. The van der Waals surface area contributed by atoms with Crippen molar-refractivity contribution < 1.29 is 28.7 Å². The van der Waals surface area contributed by atoms with Crippen LogP contribution in [0.5, 0.6) is 0 Å². The van der Waals surface area contributed by atoms with Crippen molar-refractivity contribution in [2.45, 2.75) is 26.8 Å². The third-order valence-electron chi connectivity index (χ3n) is 3.93. The molecule has 2 aromatic rings. The average molecular weight is 448 g/mol. The van der Waals surface area contributed by atoms with Gasteiger partial charge in [-0.15, -0.1) is 11.3 Å². The Bertz CT molecular complexity index is 913. The molecule has 0 aliphatic heterocycles. The van der Waals surface area contributed by atoms with Crippen molar-refractivity contribution in [3.05, 3.63) is 52.4 Å². The second-order valence-corrected chi connectivity index (χ2v) is 7.40. The molecule has 9 nitrogen and oxygen atoms in total. The van der Waals surface area contributed by atoms with E-state index in [0.29, 0.717) is 18.0 Å². The Balaban J connectivity index is 1.74. The van der Waals surface area contributed by atoms with Crippen molar-refractivity contribution in [2.24, 2.45) is 0 Å². The number of ether oxygens (including phenoxy) is 2. The van der Waals surface area contributed by atoms with E-state index < -0.39 is 30.5 Å². The quantitative estimate of drug-likeness (QED) is 0.481. The van der Waals surface area contributed by atoms with Crippen LogP contribution in [0, 0.1) is 0 Å². The van der Waals surface area contributed by atoms with Crippen LogP contribution < -0.4 is 16.0 Å². The number of hydrogen-bond donors (Lipinski definition) is 3. The highest BCUT2D eigenvalue weighted by Crippen LogP contribution is 2.29. The van der Waals surface area contributed by atoms with E-state index in [1.165, 1.54) is 11.3 Å². The van der Waals surface area contributed by atoms with Gasteiger partial charge in [-0.3, -0.25) is 9.59 Å². The minimum Gasteiger partial charge on any atom is -0.462 e. The van der Waals surface area contributed by atoms with E-state index in [9.17, 15) is 19.2 Å². The molecule has 0 aliphatic rings. The summed E-state index contributed by atoms with van der Waals surface area (Å²) in [5.74, 6) is -1.90. The lowest BCUT2D eigenvalue weighted by Gasteiger charge is -2.09. The molecule has 166 valence electrons. The lowest BCUT2D eigenvalue weighted by Crippen LogP contribution is -2.39. The lowest BCUT2D eigenvalue weighted by molar-refractivity contribution is -0.146. The number of urea groups is 1. The third kappa shape index (κ3) is 8.09. The number of nitrogens with one attached hydrogen (secondary N) is 3. The number of thiophene rings is 1. The maximum atomic E-state index is 12.1. The Hall–Kier alpha value is -3.40. The summed E-state index contributed by atoms with van der Waals surface area (Å²) in [5, 5.41) is 7.87. The van der Waals surface area contributed by atoms with E-state index in [0.717, 1.165) is 10.4 Å². The van der Waals surface area contributed by atoms with Crippen LogP contribution >= 0.6 is 11.3 Å². The summed E-state index contributed by atoms with van der Waals surface area (Å²) in [5.41, 5.74) is 1.18. The summed E-state index contributed by atoms with van der Waals surface area (Å²) in [6.07, 6.45) is 0.694. The summed E-state index contributed by atoms with van der Waals surface area (Å²) in [6, 6.07) is 10.4. The van der Waals surface area contributed by atoms with Crippen molar-refractivity contribution >= 4 is 40.2 Å². The molecule has 3 N–H and O–H groups in total. The number of aryl methyl sites for hydroxylation is 1. The molecule has 0 fully saturated rings. The molecular formula is C21H25N3O6S. The van der Waals surface area contributed by atoms with Crippen LogP contribution in [0.25, 0.3) is 0 Å². The van der Waals surface area contributed by atoms with Gasteiger partial charge in [-0.2, -0.15) is 0 Å². The number of rotatable bonds is 10. The molecule has 1 aromatic heterocycles. The van der Waals surface area contributed by atoms with Crippen molar-refractivity contribution in [3.8, 4) is 0 Å². The zero-order valence-corrected chi connectivity index (χ0v) is 18.2. The van der Waals surface area contributed by atoms with Crippen LogP contribution in [-0.4, -0.2) is 43.6 Å². The molecule has 10 heteroatoms. The minimum absolute atomic E-state index is 0.215. The molecule has 0 spiro atoms. The molecular weight excluding hydrogens is 422 g/mol. The SMILES string of the molecule is CCOC(=O)c1cc(CC)sc1NC(=O)COC(=O)CNC(=O)NCc1ccccc1. The summed E-state index contributed by atoms with van der Waals surface area (Å²) in [6.45, 7) is 3.21. The predicted octanol–water partition coefficient (Wildman–Crippen LogP) is 2.47. The van der Waals surface area contributed by atoms with Crippen LogP contribution in [0.4, 0.5) is 9.80 Å². The van der Waals surface area contributed by atoms with Crippen molar-refractivity contribution in [2.75, 3.05) is 25.1 Å². The fourth-order valence-electron chi connectivity index (χ4n) is 2.42. The topological polar surface area (TPSA) is 123 Å². The van der Waals surface area contributed by atoms with Crippen molar-refractivity contribution in [1.29, 1.82) is 0 Å². The number of anilines is 1. The molecule has 2 rings (SSSR count). The van der Waals surface area contributed by atoms with Gasteiger partial charge in [0.05, 0.1) is 12.2 Å². The first-order valence-electron chi connectivity index (χ1n) is 9.73. The van der Waals surface area contributed by atoms with Crippen molar-refractivity contribution in [1.82, 2.24) is 10.6 Å². The number of carbonyl (C=O) groups is 4. The second-order valence-electron chi connectivity index (χ2n) is 6.26. The van der Waals surface area contributed by atoms with Crippen LogP contribution in [0.3, 0.4) is 0 Å². The van der Waals surface area contributed by atoms with E-state index in [-0.39, 0.29) is 18.7 Å². The molecule has 1 aromatic carbocycles. The molecule has 0 bridgehead atoms. The molecule has 0 saturated heterocycles. The molecule has 0 aliphatic carbocycles. The Kier molecular flexibility index (Phi) is 9.50. The number of esters is 2. The summed E-state index contributed by atoms with van der Waals surface area (Å²) in [7, 11) is 0. The van der Waals surface area contributed by atoms with Crippen LogP contribution in [0.1, 0.15) is 34.6 Å². The minimum atomic E-state index is -0.768. The zero-order chi connectivity index (χ0) is 22.6. The van der Waals surface area contributed by atoms with Gasteiger partial charge in [-0.05, 0) is 25.0 Å². The van der Waals surface area contributed by atoms with Crippen LogP contribution in [-0.2, 0) is 32.0 Å². The maximum Gasteiger partial charge on any atom is 0.341 e. The highest BCUT2D eigenvalue weighted by atomic mass is 32.1. The second kappa shape index (κ2) is 12.3. The van der Waals surface area contributed by atoms with Gasteiger partial charge < -0.3 is 25.4 Å². The molecule has 0 atom stereocenters. The first-order valence-corrected chi connectivity index (χ1v) is 10.6. The Morgan fingerprint density at radius 1 is 1.00 bits per heavy atom. The maximum absolute atomic E-state index is 12.1. The summed E-state index contributed by atoms with van der Waals surface area (Å²) < 4.78 is 9.86. The fourth-order valence-corrected chi connectivity index (χ4v) is 3.42. The molecule has 0 saturated carbocycles. The van der Waals surface area contributed by atoms with E-state index in [1.54, 1.807) is 13.0 Å². The highest BCUT2D eigenvalue weighted by Gasteiger charge is 2.19. The van der Waals surface area contributed by atoms with Crippen molar-refractivity contribution in [3.63, 3.8) is 0 Å². The van der Waals surface area contributed by atoms with Gasteiger partial charge in [0, 0.05) is 11.4 Å². The third-order valence-corrected chi connectivity index (χ3v) is 5.13. The Morgan fingerprint density at radius 2 is 1.74 bits per heavy atom. The van der Waals surface area contributed by atoms with Gasteiger partial charge in [0.25, 0.3) is 5.91 Å². The van der Waals surface area contributed by atoms with Gasteiger partial charge in [0.15, 0.2) is 6.61 Å². The molecule has 3 amide bonds. The molecule has 31 heavy (non-hydrogen) atoms. The van der Waals surface area contributed by atoms with Gasteiger partial charge >= 0.3 is 18.0 Å². The summed E-state index contributed by atoms with van der Waals surface area (Å²) >= 11 is 1.26. The molecule has 1 heterocycles. The standard InChI is InChI=1S/C21H25N3O6S/c1-3-15-10-16(20(27)29-4-2)19(31-15)24-17(25)13-30-18(26)12-23-21(28)22-11-14-8-6-5-7-9-14/h5-10H,3-4,11-13H2,1-2H3,(H,24,25)(H2,22,23,28). The van der Waals surface area contributed by atoms with E-state index in [4.69, 9.17) is 9.47 Å². The first kappa shape index (κ1) is 23.9. The van der Waals surface area contributed by atoms with Crippen LogP contribution in [0.2, 0.25) is 0 Å². The smallest absolute Gasteiger partial charge is 0.341 e.